The van der Waals surface area contributed by atoms with Crippen LogP contribution in [-0.2, 0) is 26.7 Å². The van der Waals surface area contributed by atoms with Gasteiger partial charge in [0.2, 0.25) is 5.51 Å². The SMILES string of the molecule is Br.Cc1ncc(C[n+]2csc(CCO)c2C)c(N)n1.Cl.O=P(O)(O)O.O=P(O)(O)O.O=P(O)(O)O. The standard InChI is InChI=1S/C12H17N4OS.BrH.ClH.3H3O4P/c1-8-11(3-4-17)18-7-16(8)6-10-5-14-9(2)15-12(10)13;;;3*1-5(2,3)4/h5,7,17H,3-4,6H2,1-2H3,(H2,13,14,15);2*1H;3*(H3,1,2,3,4)/q+1;;;;;. The summed E-state index contributed by atoms with van der Waals surface area (Å²) < 4.78 is 28.8. The van der Waals surface area contributed by atoms with E-state index in [1.54, 1.807) is 17.5 Å². The highest BCUT2D eigenvalue weighted by atomic mass is 79.9. The van der Waals surface area contributed by atoms with E-state index >= 15 is 0 Å². The van der Waals surface area contributed by atoms with Gasteiger partial charge in [-0.25, -0.2) is 23.7 Å². The minimum absolute atomic E-state index is 0. The topological polar surface area (TPSA) is 309 Å². The second-order valence-electron chi connectivity index (χ2n) is 5.70. The fourth-order valence-electron chi connectivity index (χ4n) is 1.77. The van der Waals surface area contributed by atoms with Crippen LogP contribution in [0.4, 0.5) is 5.82 Å². The summed E-state index contributed by atoms with van der Waals surface area (Å²) in [7, 11) is -13.9. The number of rotatable bonds is 4. The lowest BCUT2D eigenvalue weighted by Gasteiger charge is -2.01. The highest BCUT2D eigenvalue weighted by Gasteiger charge is 2.17. The molecule has 0 atom stereocenters. The van der Waals surface area contributed by atoms with Crippen molar-refractivity contribution in [2.24, 2.45) is 0 Å². The molecule has 0 aromatic carbocycles. The molecule has 0 aliphatic rings. The first-order valence-corrected chi connectivity index (χ1v) is 13.7. The van der Waals surface area contributed by atoms with Gasteiger partial charge in [-0.1, -0.05) is 11.3 Å². The molecule has 2 aromatic rings. The fraction of sp³-hybridized carbons (Fsp3) is 0.417. The van der Waals surface area contributed by atoms with Gasteiger partial charge in [-0.3, -0.25) is 0 Å². The zero-order valence-corrected chi connectivity index (χ0v) is 24.0. The van der Waals surface area contributed by atoms with Gasteiger partial charge >= 0.3 is 23.5 Å². The lowest BCUT2D eigenvalue weighted by atomic mass is 10.2. The van der Waals surface area contributed by atoms with E-state index < -0.39 is 23.5 Å². The van der Waals surface area contributed by atoms with Gasteiger partial charge in [0.15, 0.2) is 12.2 Å². The summed E-state index contributed by atoms with van der Waals surface area (Å²) in [5.41, 5.74) is 10.0. The first kappa shape index (κ1) is 41.7. The number of hydrogen-bond acceptors (Lipinski definition) is 8. The summed E-state index contributed by atoms with van der Waals surface area (Å²) >= 11 is 1.65. The first-order valence-electron chi connectivity index (χ1n) is 8.12. The number of thiazole rings is 1. The monoisotopic (exact) mass is 675 g/mol. The third-order valence-electron chi connectivity index (χ3n) is 2.85. The summed E-state index contributed by atoms with van der Waals surface area (Å²) in [6.45, 7) is 4.71. The highest BCUT2D eigenvalue weighted by molar-refractivity contribution is 8.93. The van der Waals surface area contributed by atoms with E-state index in [9.17, 15) is 0 Å². The molecule has 208 valence electrons. The lowest BCUT2D eigenvalue weighted by molar-refractivity contribution is -0.689. The van der Waals surface area contributed by atoms with Crippen molar-refractivity contribution < 1.29 is 67.4 Å². The Morgan fingerprint density at radius 2 is 1.34 bits per heavy atom. The van der Waals surface area contributed by atoms with Crippen molar-refractivity contribution in [3.05, 3.63) is 33.7 Å². The van der Waals surface area contributed by atoms with E-state index in [0.717, 1.165) is 11.3 Å². The number of nitrogens with two attached hydrogens (primary N) is 1. The first-order chi connectivity index (χ1) is 14.6. The van der Waals surface area contributed by atoms with Crippen molar-refractivity contribution in [1.82, 2.24) is 9.97 Å². The average molecular weight is 677 g/mol. The Kier molecular flexibility index (Phi) is 22.3. The van der Waals surface area contributed by atoms with Gasteiger partial charge in [0, 0.05) is 26.1 Å². The van der Waals surface area contributed by atoms with Crippen LogP contribution in [0.25, 0.3) is 0 Å². The van der Waals surface area contributed by atoms with Crippen LogP contribution in [0.2, 0.25) is 0 Å². The molecule has 0 saturated heterocycles. The van der Waals surface area contributed by atoms with E-state index in [1.807, 2.05) is 19.4 Å². The molecular formula is C12H28BrClN4O13P3S+. The summed E-state index contributed by atoms with van der Waals surface area (Å²) in [5, 5.41) is 8.98. The van der Waals surface area contributed by atoms with Gasteiger partial charge in [-0.15, -0.1) is 29.4 Å². The van der Waals surface area contributed by atoms with Crippen molar-refractivity contribution in [1.29, 1.82) is 0 Å². The second-order valence-corrected chi connectivity index (χ2v) is 9.72. The molecule has 0 fully saturated rings. The number of aromatic nitrogens is 3. The minimum atomic E-state index is -4.64. The maximum Gasteiger partial charge on any atom is 0.466 e. The molecule has 0 aliphatic heterocycles. The van der Waals surface area contributed by atoms with Crippen LogP contribution in [0, 0.1) is 13.8 Å². The normalized spacial score (nSPS) is 10.6. The number of aryl methyl sites for hydroxylation is 1. The van der Waals surface area contributed by atoms with Gasteiger partial charge < -0.3 is 54.9 Å². The predicted octanol–water partition coefficient (Wildman–Crippen LogP) is -1.18. The maximum absolute atomic E-state index is 8.98. The molecule has 0 bridgehead atoms. The third-order valence-corrected chi connectivity index (χ3v) is 4.00. The molecule has 23 heteroatoms. The summed E-state index contributed by atoms with van der Waals surface area (Å²) in [6.07, 6.45) is 2.47. The molecule has 0 saturated carbocycles. The third kappa shape index (κ3) is 31.5. The Labute approximate surface area is 219 Å². The number of phosphoric acid groups is 3. The summed E-state index contributed by atoms with van der Waals surface area (Å²) in [4.78, 5) is 74.2. The van der Waals surface area contributed by atoms with Crippen LogP contribution >= 0.6 is 64.2 Å². The van der Waals surface area contributed by atoms with Crippen molar-refractivity contribution in [2.45, 2.75) is 26.8 Å². The van der Waals surface area contributed by atoms with Gasteiger partial charge in [-0.2, -0.15) is 4.57 Å². The molecule has 0 unspecified atom stereocenters. The van der Waals surface area contributed by atoms with Crippen molar-refractivity contribution in [3.8, 4) is 0 Å². The van der Waals surface area contributed by atoms with Crippen LogP contribution < -0.4 is 10.3 Å². The Morgan fingerprint density at radius 1 is 0.943 bits per heavy atom. The molecule has 0 amide bonds. The van der Waals surface area contributed by atoms with Crippen LogP contribution in [0.1, 0.15) is 22.0 Å². The largest absolute Gasteiger partial charge is 0.466 e. The lowest BCUT2D eigenvalue weighted by Crippen LogP contribution is -2.35. The number of hydrogen-bond donors (Lipinski definition) is 11. The van der Waals surface area contributed by atoms with Gasteiger partial charge in [0.1, 0.15) is 11.6 Å². The van der Waals surface area contributed by atoms with Crippen molar-refractivity contribution in [2.75, 3.05) is 12.3 Å². The van der Waals surface area contributed by atoms with E-state index in [0.29, 0.717) is 24.6 Å². The maximum atomic E-state index is 8.98. The molecule has 2 rings (SSSR count). The van der Waals surface area contributed by atoms with E-state index in [4.69, 9.17) is 68.6 Å². The summed E-state index contributed by atoms with van der Waals surface area (Å²) in [6, 6.07) is 0. The molecule has 17 nitrogen and oxygen atoms in total. The Hall–Kier alpha value is -0.430. The highest BCUT2D eigenvalue weighted by Crippen LogP contribution is 2.26. The number of nitrogen functional groups attached to an aromatic ring is 1. The summed E-state index contributed by atoms with van der Waals surface area (Å²) in [5.74, 6) is 1.22. The number of halogens is 2. The molecular weight excluding hydrogens is 648 g/mol. The Bertz CT molecular complexity index is 943. The van der Waals surface area contributed by atoms with E-state index in [2.05, 4.69) is 14.5 Å². The average Bonchev–Trinajstić information content (AvgIpc) is 2.86. The van der Waals surface area contributed by atoms with Gasteiger partial charge in [0.05, 0.1) is 10.4 Å². The van der Waals surface area contributed by atoms with Crippen LogP contribution in [0.3, 0.4) is 0 Å². The molecule has 35 heavy (non-hydrogen) atoms. The fourth-order valence-corrected chi connectivity index (χ4v) is 2.75. The smallest absolute Gasteiger partial charge is 0.396 e. The Balaban J connectivity index is -0.000000235. The zero-order chi connectivity index (χ0) is 26.6. The number of aliphatic hydroxyl groups excluding tert-OH is 1. The number of anilines is 1. The van der Waals surface area contributed by atoms with E-state index in [1.165, 1.54) is 4.88 Å². The number of aliphatic hydroxyl groups is 1. The molecule has 0 spiro atoms. The molecule has 0 radical (unpaired) electrons. The van der Waals surface area contributed by atoms with Crippen LogP contribution in [0.5, 0.6) is 0 Å². The molecule has 12 N–H and O–H groups in total. The van der Waals surface area contributed by atoms with E-state index in [-0.39, 0.29) is 36.0 Å². The molecule has 2 heterocycles. The van der Waals surface area contributed by atoms with Crippen LogP contribution in [-0.4, -0.2) is 65.7 Å². The van der Waals surface area contributed by atoms with Crippen molar-refractivity contribution >= 4 is 70.0 Å². The quantitative estimate of drug-likeness (QED) is 0.134. The predicted molar refractivity (Wildman–Crippen MR) is 131 cm³/mol. The van der Waals surface area contributed by atoms with Crippen molar-refractivity contribution in [3.63, 3.8) is 0 Å². The molecule has 2 aromatic heterocycles. The molecule has 0 aliphatic carbocycles. The Morgan fingerprint density at radius 3 is 1.69 bits per heavy atom. The zero-order valence-electron chi connectivity index (χ0n) is 18.0. The van der Waals surface area contributed by atoms with Gasteiger partial charge in [-0.05, 0) is 6.92 Å². The second kappa shape index (κ2) is 18.8. The minimum Gasteiger partial charge on any atom is -0.396 e. The van der Waals surface area contributed by atoms with Crippen LogP contribution in [0.15, 0.2) is 11.7 Å². The number of nitrogens with zero attached hydrogens (tertiary/aromatic N) is 3. The van der Waals surface area contributed by atoms with Gasteiger partial charge in [0.25, 0.3) is 0 Å².